The van der Waals surface area contributed by atoms with Gasteiger partial charge < -0.3 is 9.84 Å². The summed E-state index contributed by atoms with van der Waals surface area (Å²) in [6.45, 7) is 0. The van der Waals surface area contributed by atoms with Gasteiger partial charge in [0.15, 0.2) is 6.29 Å². The van der Waals surface area contributed by atoms with E-state index in [1.165, 1.54) is 0 Å². The fourth-order valence-electron chi connectivity index (χ4n) is 3.17. The highest BCUT2D eigenvalue weighted by Gasteiger charge is 2.30. The molecule has 1 N–H and O–H groups in total. The highest BCUT2D eigenvalue weighted by molar-refractivity contribution is 6.34. The van der Waals surface area contributed by atoms with Gasteiger partial charge in [0.05, 0.1) is 0 Å². The third-order valence-corrected chi connectivity index (χ3v) is 4.59. The van der Waals surface area contributed by atoms with Gasteiger partial charge in [-0.3, -0.25) is 4.98 Å². The van der Waals surface area contributed by atoms with Crippen molar-refractivity contribution in [3.63, 3.8) is 0 Å². The van der Waals surface area contributed by atoms with E-state index in [1.54, 1.807) is 18.5 Å². The van der Waals surface area contributed by atoms with Gasteiger partial charge in [0, 0.05) is 51.1 Å². The first-order valence-corrected chi connectivity index (χ1v) is 8.05. The van der Waals surface area contributed by atoms with Gasteiger partial charge >= 0.3 is 0 Å². The van der Waals surface area contributed by atoms with Crippen LogP contribution in [0.15, 0.2) is 48.8 Å². The van der Waals surface area contributed by atoms with Gasteiger partial charge in [-0.15, -0.1) is 0 Å². The molecule has 1 aliphatic heterocycles. The molecule has 0 fully saturated rings. The maximum Gasteiger partial charge on any atom is 0.198 e. The number of hydrogen-bond acceptors (Lipinski definition) is 3. The van der Waals surface area contributed by atoms with Crippen molar-refractivity contribution in [3.8, 4) is 5.75 Å². The lowest BCUT2D eigenvalue weighted by molar-refractivity contribution is -0.0347. The molecule has 5 heteroatoms. The van der Waals surface area contributed by atoms with Crippen molar-refractivity contribution in [2.24, 2.45) is 0 Å². The largest absolute Gasteiger partial charge is 0.464 e. The Morgan fingerprint density at radius 3 is 2.65 bits per heavy atom. The summed E-state index contributed by atoms with van der Waals surface area (Å²) >= 11 is 12.3. The Hall–Kier alpha value is -1.81. The van der Waals surface area contributed by atoms with Crippen molar-refractivity contribution >= 4 is 34.0 Å². The zero-order valence-corrected chi connectivity index (χ0v) is 13.6. The molecule has 0 saturated heterocycles. The van der Waals surface area contributed by atoms with Gasteiger partial charge in [-0.2, -0.15) is 0 Å². The fraction of sp³-hybridized carbons (Fsp3) is 0.167. The topological polar surface area (TPSA) is 42.4 Å². The molecule has 0 bridgehead atoms. The summed E-state index contributed by atoms with van der Waals surface area (Å²) in [7, 11) is 0. The highest BCUT2D eigenvalue weighted by Crippen LogP contribution is 2.44. The molecule has 1 aliphatic rings. The Labute approximate surface area is 143 Å². The van der Waals surface area contributed by atoms with Gasteiger partial charge in [-0.25, -0.2) is 0 Å². The first-order chi connectivity index (χ1) is 11.1. The monoisotopic (exact) mass is 345 g/mol. The number of ether oxygens (including phenoxy) is 1. The van der Waals surface area contributed by atoms with Crippen LogP contribution >= 0.6 is 23.2 Å². The summed E-state index contributed by atoms with van der Waals surface area (Å²) in [5.74, 6) is 0.673. The Kier molecular flexibility index (Phi) is 3.64. The summed E-state index contributed by atoms with van der Waals surface area (Å²) in [6.07, 6.45) is 3.09. The number of halogens is 2. The second-order valence-electron chi connectivity index (χ2n) is 5.64. The maximum atomic E-state index is 10.2. The Balaban J connectivity index is 1.93. The minimum absolute atomic E-state index is 0.0254. The van der Waals surface area contributed by atoms with Crippen LogP contribution in [-0.2, 0) is 0 Å². The number of benzene rings is 2. The summed E-state index contributed by atoms with van der Waals surface area (Å²) in [5.41, 5.74) is 1.99. The second-order valence-corrected chi connectivity index (χ2v) is 6.52. The molecule has 23 heavy (non-hydrogen) atoms. The summed E-state index contributed by atoms with van der Waals surface area (Å²) in [5, 5.41) is 13.3. The molecule has 0 radical (unpaired) electrons. The molecule has 0 saturated carbocycles. The van der Waals surface area contributed by atoms with Crippen LogP contribution in [0, 0.1) is 0 Å². The fourth-order valence-corrected chi connectivity index (χ4v) is 3.71. The number of aromatic nitrogens is 1. The molecule has 4 rings (SSSR count). The average molecular weight is 346 g/mol. The van der Waals surface area contributed by atoms with Crippen LogP contribution in [0.25, 0.3) is 10.8 Å². The van der Waals surface area contributed by atoms with Crippen molar-refractivity contribution in [3.05, 3.63) is 70.0 Å². The van der Waals surface area contributed by atoms with E-state index in [2.05, 4.69) is 4.98 Å². The lowest BCUT2D eigenvalue weighted by atomic mass is 9.85. The van der Waals surface area contributed by atoms with Crippen LogP contribution < -0.4 is 4.74 Å². The Morgan fingerprint density at radius 1 is 1.09 bits per heavy atom. The lowest BCUT2D eigenvalue weighted by Gasteiger charge is -2.31. The third kappa shape index (κ3) is 2.65. The average Bonchev–Trinajstić information content (AvgIpc) is 2.53. The van der Waals surface area contributed by atoms with E-state index < -0.39 is 6.29 Å². The Bertz CT molecular complexity index is 877. The minimum atomic E-state index is -0.871. The van der Waals surface area contributed by atoms with Gasteiger partial charge in [0.1, 0.15) is 5.75 Å². The van der Waals surface area contributed by atoms with Crippen molar-refractivity contribution < 1.29 is 9.84 Å². The number of pyridine rings is 1. The molecule has 0 aliphatic carbocycles. The van der Waals surface area contributed by atoms with Crippen LogP contribution in [0.3, 0.4) is 0 Å². The quantitative estimate of drug-likeness (QED) is 0.690. The molecule has 2 aromatic carbocycles. The van der Waals surface area contributed by atoms with E-state index in [0.717, 1.165) is 21.9 Å². The van der Waals surface area contributed by atoms with Crippen molar-refractivity contribution in [2.75, 3.05) is 0 Å². The van der Waals surface area contributed by atoms with Crippen LogP contribution in [-0.4, -0.2) is 16.4 Å². The van der Waals surface area contributed by atoms with Gasteiger partial charge in [0.2, 0.25) is 0 Å². The Morgan fingerprint density at radius 2 is 1.87 bits per heavy atom. The number of aliphatic hydroxyl groups excluding tert-OH is 1. The standard InChI is InChI=1S/C18H13Cl2NO2/c19-12-5-11(6-13(20)7-12)16-8-17(22)23-18-14-3-4-21-9-10(14)1-2-15(16)18/h1-7,9,16-17,22H,8H2/t16-,17-/m1/s1. The van der Waals surface area contributed by atoms with E-state index in [0.29, 0.717) is 22.2 Å². The van der Waals surface area contributed by atoms with E-state index in [4.69, 9.17) is 27.9 Å². The van der Waals surface area contributed by atoms with Crippen molar-refractivity contribution in [1.29, 1.82) is 0 Å². The van der Waals surface area contributed by atoms with Gasteiger partial charge in [0.25, 0.3) is 0 Å². The van der Waals surface area contributed by atoms with E-state index in [-0.39, 0.29) is 5.92 Å². The predicted octanol–water partition coefficient (Wildman–Crippen LogP) is 4.77. The van der Waals surface area contributed by atoms with Crippen molar-refractivity contribution in [1.82, 2.24) is 4.98 Å². The number of nitrogens with zero attached hydrogens (tertiary/aromatic N) is 1. The maximum absolute atomic E-state index is 10.2. The molecular formula is C18H13Cl2NO2. The summed E-state index contributed by atoms with van der Waals surface area (Å²) in [4.78, 5) is 4.13. The minimum Gasteiger partial charge on any atom is -0.464 e. The second kappa shape index (κ2) is 5.68. The SMILES string of the molecule is O[C@H]1C[C@H](c2cc(Cl)cc(Cl)c2)c2ccc3cnccc3c2O1. The normalized spacial score (nSPS) is 20.1. The summed E-state index contributed by atoms with van der Waals surface area (Å²) < 4.78 is 5.72. The molecule has 1 aromatic heterocycles. The first-order valence-electron chi connectivity index (χ1n) is 7.29. The third-order valence-electron chi connectivity index (χ3n) is 4.16. The molecule has 116 valence electrons. The molecule has 0 amide bonds. The predicted molar refractivity (Wildman–Crippen MR) is 91.3 cm³/mol. The molecule has 2 atom stereocenters. The number of rotatable bonds is 1. The molecule has 0 spiro atoms. The number of fused-ring (bicyclic) bond motifs is 3. The van der Waals surface area contributed by atoms with E-state index in [9.17, 15) is 5.11 Å². The lowest BCUT2D eigenvalue weighted by Crippen LogP contribution is -2.25. The molecule has 0 unspecified atom stereocenters. The van der Waals surface area contributed by atoms with Crippen LogP contribution in [0.5, 0.6) is 5.75 Å². The van der Waals surface area contributed by atoms with Crippen molar-refractivity contribution in [2.45, 2.75) is 18.6 Å². The van der Waals surface area contributed by atoms with E-state index in [1.807, 2.05) is 30.3 Å². The van der Waals surface area contributed by atoms with Crippen LogP contribution in [0.1, 0.15) is 23.5 Å². The first kappa shape index (κ1) is 14.8. The molecule has 3 aromatic rings. The number of aliphatic hydroxyl groups is 1. The molecule has 2 heterocycles. The molecular weight excluding hydrogens is 333 g/mol. The van der Waals surface area contributed by atoms with E-state index >= 15 is 0 Å². The zero-order valence-electron chi connectivity index (χ0n) is 12.0. The smallest absolute Gasteiger partial charge is 0.198 e. The zero-order chi connectivity index (χ0) is 16.0. The van der Waals surface area contributed by atoms with Crippen LogP contribution in [0.2, 0.25) is 10.0 Å². The van der Waals surface area contributed by atoms with Crippen LogP contribution in [0.4, 0.5) is 0 Å². The highest BCUT2D eigenvalue weighted by atomic mass is 35.5. The molecule has 3 nitrogen and oxygen atoms in total. The summed E-state index contributed by atoms with van der Waals surface area (Å²) in [6, 6.07) is 11.4. The van der Waals surface area contributed by atoms with Gasteiger partial charge in [-0.1, -0.05) is 35.3 Å². The number of hydrogen-bond donors (Lipinski definition) is 1. The van der Waals surface area contributed by atoms with Gasteiger partial charge in [-0.05, 0) is 29.8 Å².